The van der Waals surface area contributed by atoms with E-state index < -0.39 is 0 Å². The molecule has 0 saturated carbocycles. The van der Waals surface area contributed by atoms with E-state index in [0.29, 0.717) is 11.2 Å². The van der Waals surface area contributed by atoms with E-state index in [1.807, 2.05) is 18.4 Å². The average Bonchev–Trinajstić information content (AvgIpc) is 2.32. The summed E-state index contributed by atoms with van der Waals surface area (Å²) in [5.41, 5.74) is 2.46. The van der Waals surface area contributed by atoms with Crippen molar-refractivity contribution in [3.05, 3.63) is 21.7 Å². The van der Waals surface area contributed by atoms with E-state index in [1.165, 1.54) is 0 Å². The van der Waals surface area contributed by atoms with Crippen LogP contribution in [0.3, 0.4) is 0 Å². The van der Waals surface area contributed by atoms with Crippen molar-refractivity contribution in [2.45, 2.75) is 32.0 Å². The minimum absolute atomic E-state index is 0.267. The topological polar surface area (TPSA) is 60.7 Å². The fourth-order valence-corrected chi connectivity index (χ4v) is 2.85. The van der Waals surface area contributed by atoms with Crippen molar-refractivity contribution >= 4 is 22.9 Å². The van der Waals surface area contributed by atoms with E-state index in [4.69, 9.17) is 0 Å². The Bertz CT molecular complexity index is 665. The highest BCUT2D eigenvalue weighted by atomic mass is 32.2. The molecule has 2 aromatic heterocycles. The highest BCUT2D eigenvalue weighted by Gasteiger charge is 2.17. The van der Waals surface area contributed by atoms with Crippen LogP contribution in [0.5, 0.6) is 0 Å². The van der Waals surface area contributed by atoms with E-state index >= 15 is 0 Å². The molecule has 0 aliphatic carbocycles. The highest BCUT2D eigenvalue weighted by Crippen LogP contribution is 2.24. The Labute approximate surface area is 102 Å². The Kier molecular flexibility index (Phi) is 2.39. The molecule has 0 amide bonds. The first-order valence-corrected chi connectivity index (χ1v) is 6.54. The van der Waals surface area contributed by atoms with Crippen LogP contribution in [-0.4, -0.2) is 25.3 Å². The third-order valence-electron chi connectivity index (χ3n) is 2.93. The minimum atomic E-state index is -0.267. The third kappa shape index (κ3) is 1.63. The number of nitrogens with zero attached hydrogens (tertiary/aromatic N) is 4. The van der Waals surface area contributed by atoms with Crippen LogP contribution in [0.15, 0.2) is 9.95 Å². The zero-order chi connectivity index (χ0) is 12.0. The average molecular weight is 248 g/mol. The number of rotatable bonds is 0. The lowest BCUT2D eigenvalue weighted by Gasteiger charge is -2.18. The zero-order valence-corrected chi connectivity index (χ0v) is 10.5. The molecular weight excluding hydrogens is 236 g/mol. The van der Waals surface area contributed by atoms with Gasteiger partial charge in [0.05, 0.1) is 11.4 Å². The number of aromatic nitrogens is 4. The van der Waals surface area contributed by atoms with Gasteiger partial charge < -0.3 is 4.57 Å². The van der Waals surface area contributed by atoms with Crippen molar-refractivity contribution in [1.82, 2.24) is 19.5 Å². The van der Waals surface area contributed by atoms with Crippen molar-refractivity contribution in [3.8, 4) is 0 Å². The van der Waals surface area contributed by atoms with Crippen LogP contribution in [0.4, 0.5) is 0 Å². The molecule has 0 spiro atoms. The van der Waals surface area contributed by atoms with E-state index in [2.05, 4.69) is 15.0 Å². The van der Waals surface area contributed by atoms with Crippen LogP contribution in [0.25, 0.3) is 11.2 Å². The van der Waals surface area contributed by atoms with E-state index in [0.717, 1.165) is 35.3 Å². The summed E-state index contributed by atoms with van der Waals surface area (Å²) in [6.45, 7) is 4.64. The summed E-state index contributed by atoms with van der Waals surface area (Å²) in [4.78, 5) is 24.8. The second-order valence-corrected chi connectivity index (χ2v) is 5.18. The molecule has 6 heteroatoms. The first-order chi connectivity index (χ1) is 8.16. The summed E-state index contributed by atoms with van der Waals surface area (Å²) in [5.74, 6) is 1.01. The molecule has 0 bridgehead atoms. The van der Waals surface area contributed by atoms with E-state index in [9.17, 15) is 4.79 Å². The summed E-state index contributed by atoms with van der Waals surface area (Å²) < 4.78 is 2.00. The maximum absolute atomic E-state index is 11.9. The van der Waals surface area contributed by atoms with Gasteiger partial charge in [0.25, 0.3) is 0 Å². The molecule has 0 saturated heterocycles. The first kappa shape index (κ1) is 10.7. The molecule has 3 heterocycles. The normalized spacial score (nSPS) is 14.9. The number of thioether (sulfide) groups is 1. The maximum atomic E-state index is 11.9. The Hall–Kier alpha value is -1.43. The van der Waals surface area contributed by atoms with E-state index in [-0.39, 0.29) is 5.56 Å². The Morgan fingerprint density at radius 3 is 2.76 bits per heavy atom. The lowest BCUT2D eigenvalue weighted by molar-refractivity contribution is 0.595. The largest absolute Gasteiger partial charge is 0.303 e. The maximum Gasteiger partial charge on any atom is 0.301 e. The summed E-state index contributed by atoms with van der Waals surface area (Å²) in [7, 11) is 0. The molecule has 0 N–H and O–H groups in total. The fourth-order valence-electron chi connectivity index (χ4n) is 1.91. The van der Waals surface area contributed by atoms with Gasteiger partial charge in [0.1, 0.15) is 0 Å². The lowest BCUT2D eigenvalue weighted by Crippen LogP contribution is -2.21. The van der Waals surface area contributed by atoms with Crippen molar-refractivity contribution in [2.75, 3.05) is 5.75 Å². The SMILES string of the molecule is Cc1nc2c(=O)nc3n(c2nc1C)CCCS3. The summed E-state index contributed by atoms with van der Waals surface area (Å²) >= 11 is 1.61. The van der Waals surface area contributed by atoms with Crippen molar-refractivity contribution in [3.63, 3.8) is 0 Å². The summed E-state index contributed by atoms with van der Waals surface area (Å²) in [5, 5.41) is 0.770. The lowest BCUT2D eigenvalue weighted by atomic mass is 10.3. The molecule has 0 fully saturated rings. The predicted molar refractivity (Wildman–Crippen MR) is 66.4 cm³/mol. The third-order valence-corrected chi connectivity index (χ3v) is 3.99. The number of aryl methyl sites for hydroxylation is 3. The Balaban J connectivity index is 2.44. The quantitative estimate of drug-likeness (QED) is 0.658. The smallest absolute Gasteiger partial charge is 0.301 e. The van der Waals surface area contributed by atoms with Gasteiger partial charge in [0.15, 0.2) is 16.3 Å². The summed E-state index contributed by atoms with van der Waals surface area (Å²) in [6.07, 6.45) is 1.08. The molecular formula is C11H12N4OS. The van der Waals surface area contributed by atoms with Crippen LogP contribution >= 0.6 is 11.8 Å². The molecule has 3 rings (SSSR count). The molecule has 17 heavy (non-hydrogen) atoms. The Morgan fingerprint density at radius 2 is 1.94 bits per heavy atom. The predicted octanol–water partition coefficient (Wildman–Crippen LogP) is 1.30. The number of fused-ring (bicyclic) bond motifs is 3. The van der Waals surface area contributed by atoms with Gasteiger partial charge in [0.2, 0.25) is 0 Å². The van der Waals surface area contributed by atoms with Crippen LogP contribution in [0.1, 0.15) is 17.8 Å². The van der Waals surface area contributed by atoms with Gasteiger partial charge in [-0.2, -0.15) is 4.98 Å². The molecule has 0 radical (unpaired) electrons. The fraction of sp³-hybridized carbons (Fsp3) is 0.455. The van der Waals surface area contributed by atoms with Gasteiger partial charge in [-0.05, 0) is 20.3 Å². The molecule has 0 unspecified atom stereocenters. The van der Waals surface area contributed by atoms with Gasteiger partial charge >= 0.3 is 5.56 Å². The molecule has 1 aliphatic rings. The molecule has 2 aromatic rings. The standard InChI is InChI=1S/C11H12N4OS/c1-6-7(2)13-9-8(12-6)10(16)14-11-15(9)4-3-5-17-11/h3-5H2,1-2H3. The molecule has 1 aliphatic heterocycles. The van der Waals surface area contributed by atoms with Gasteiger partial charge in [-0.3, -0.25) is 4.79 Å². The van der Waals surface area contributed by atoms with Gasteiger partial charge in [0, 0.05) is 12.3 Å². The van der Waals surface area contributed by atoms with Crippen LogP contribution in [0.2, 0.25) is 0 Å². The van der Waals surface area contributed by atoms with Crippen molar-refractivity contribution < 1.29 is 0 Å². The summed E-state index contributed by atoms with van der Waals surface area (Å²) in [6, 6.07) is 0. The molecule has 0 aromatic carbocycles. The van der Waals surface area contributed by atoms with Crippen molar-refractivity contribution in [2.24, 2.45) is 0 Å². The van der Waals surface area contributed by atoms with Gasteiger partial charge in [-0.15, -0.1) is 0 Å². The first-order valence-electron chi connectivity index (χ1n) is 5.55. The van der Waals surface area contributed by atoms with Crippen LogP contribution in [-0.2, 0) is 6.54 Å². The molecule has 0 atom stereocenters. The second kappa shape index (κ2) is 3.80. The van der Waals surface area contributed by atoms with Crippen LogP contribution < -0.4 is 5.56 Å². The minimum Gasteiger partial charge on any atom is -0.303 e. The zero-order valence-electron chi connectivity index (χ0n) is 9.73. The Morgan fingerprint density at radius 1 is 1.18 bits per heavy atom. The second-order valence-electron chi connectivity index (χ2n) is 4.12. The number of hydrogen-bond acceptors (Lipinski definition) is 5. The molecule has 88 valence electrons. The van der Waals surface area contributed by atoms with Gasteiger partial charge in [-0.25, -0.2) is 9.97 Å². The monoisotopic (exact) mass is 248 g/mol. The highest BCUT2D eigenvalue weighted by molar-refractivity contribution is 7.99. The molecule has 5 nitrogen and oxygen atoms in total. The van der Waals surface area contributed by atoms with Gasteiger partial charge in [-0.1, -0.05) is 11.8 Å². The van der Waals surface area contributed by atoms with Crippen LogP contribution in [0, 0.1) is 13.8 Å². The number of hydrogen-bond donors (Lipinski definition) is 0. The van der Waals surface area contributed by atoms with E-state index in [1.54, 1.807) is 11.8 Å². The van der Waals surface area contributed by atoms with Crippen molar-refractivity contribution in [1.29, 1.82) is 0 Å².